The smallest absolute Gasteiger partial charge is 1.00 e. The second kappa shape index (κ2) is 3.50. The van der Waals surface area contributed by atoms with Gasteiger partial charge in [-0.1, -0.05) is 0 Å². The maximum atomic E-state index is 3.58. The number of nitrogens with one attached hydrogen (secondary N) is 4. The van der Waals surface area contributed by atoms with Crippen LogP contribution in [0.3, 0.4) is 0 Å². The van der Waals surface area contributed by atoms with E-state index in [0.29, 0.717) is 0 Å². The van der Waals surface area contributed by atoms with Crippen LogP contribution >= 0.6 is 0 Å². The molecule has 2 rings (SSSR count). The van der Waals surface area contributed by atoms with Gasteiger partial charge in [-0.2, -0.15) is 0 Å². The Kier molecular flexibility index (Phi) is 2.59. The van der Waals surface area contributed by atoms with Crippen LogP contribution in [0.5, 0.6) is 0 Å². The summed E-state index contributed by atoms with van der Waals surface area (Å²) in [7, 11) is 0. The van der Waals surface area contributed by atoms with Crippen molar-refractivity contribution in [1.29, 1.82) is 0 Å². The first-order valence-corrected chi connectivity index (χ1v) is 8.59. The molecule has 2 saturated heterocycles. The molecule has 0 radical (unpaired) electrons. The topological polar surface area (TPSA) is 48.1 Å². The van der Waals surface area contributed by atoms with Crippen LogP contribution in [0.2, 0.25) is 0 Å². The van der Waals surface area contributed by atoms with E-state index >= 15 is 0 Å². The van der Waals surface area contributed by atoms with Crippen molar-refractivity contribution in [3.05, 3.63) is 0 Å². The van der Waals surface area contributed by atoms with Crippen molar-refractivity contribution in [3.8, 4) is 0 Å². The molecular formula is C6H17N4Pt+. The molecule has 1 spiro atoms. The van der Waals surface area contributed by atoms with Gasteiger partial charge < -0.3 is 0 Å². The number of hydrogen-bond donors (Lipinski definition) is 4. The van der Waals surface area contributed by atoms with Gasteiger partial charge in [0, 0.05) is 0 Å². The zero-order valence-corrected chi connectivity index (χ0v) is 8.83. The van der Waals surface area contributed by atoms with Crippen LogP contribution in [-0.2, 0) is 17.1 Å². The van der Waals surface area contributed by atoms with Gasteiger partial charge in [0.05, 0.1) is 0 Å². The van der Waals surface area contributed by atoms with E-state index in [2.05, 4.69) is 15.5 Å². The normalized spacial score (nSPS) is 33.5. The van der Waals surface area contributed by atoms with Gasteiger partial charge in [0.1, 0.15) is 0 Å². The Morgan fingerprint density at radius 2 is 1.09 bits per heavy atom. The molecule has 2 aliphatic rings. The molecule has 4 nitrogen and oxygen atoms in total. The van der Waals surface area contributed by atoms with Crippen molar-refractivity contribution in [2.75, 3.05) is 26.2 Å². The summed E-state index contributed by atoms with van der Waals surface area (Å²) in [6, 6.07) is 0. The minimum Gasteiger partial charge on any atom is 1.00 e. The fraction of sp³-hybridized carbons (Fsp3) is 1.00. The van der Waals surface area contributed by atoms with E-state index in [0.717, 1.165) is 0 Å². The summed E-state index contributed by atoms with van der Waals surface area (Å²) in [5.74, 6) is 0. The van der Waals surface area contributed by atoms with Crippen LogP contribution in [0.15, 0.2) is 0 Å². The molecule has 0 amide bonds. The second-order valence-corrected chi connectivity index (χ2v) is 9.25. The standard InChI is InChI=1S/2C3H8N2.Pt/c2*4-2-1-3-5;/h2*4-5H,1-3H2;/q2*-2;+4/p+1. The maximum Gasteiger partial charge on any atom is 1.00 e. The van der Waals surface area contributed by atoms with Crippen molar-refractivity contribution in [2.24, 2.45) is 0 Å². The second-order valence-electron chi connectivity index (χ2n) is 2.63. The third kappa shape index (κ3) is 1.82. The molecule has 2 heterocycles. The Morgan fingerprint density at radius 1 is 0.727 bits per heavy atom. The maximum absolute atomic E-state index is 3.58. The molecule has 0 aromatic carbocycles. The third-order valence-corrected chi connectivity index (χ3v) is 8.79. The zero-order chi connectivity index (χ0) is 7.57. The SMILES string of the molecule is C1C[NH][Pt]2([NH]C1)[NH]CCC[NH]2.[H+]. The Morgan fingerprint density at radius 3 is 1.45 bits per heavy atom. The van der Waals surface area contributed by atoms with E-state index in [9.17, 15) is 0 Å². The molecule has 0 aliphatic carbocycles. The average molecular weight is 340 g/mol. The van der Waals surface area contributed by atoms with E-state index in [-0.39, 0.29) is 1.43 Å². The van der Waals surface area contributed by atoms with Crippen molar-refractivity contribution >= 4 is 0 Å². The fourth-order valence-electron chi connectivity index (χ4n) is 1.11. The van der Waals surface area contributed by atoms with Crippen molar-refractivity contribution in [3.63, 3.8) is 0 Å². The van der Waals surface area contributed by atoms with Crippen LogP contribution in [0.25, 0.3) is 0 Å². The third-order valence-electron chi connectivity index (χ3n) is 1.69. The molecule has 2 aliphatic heterocycles. The van der Waals surface area contributed by atoms with Gasteiger partial charge in [-0.05, 0) is 0 Å². The van der Waals surface area contributed by atoms with Gasteiger partial charge in [0.2, 0.25) is 0 Å². The van der Waals surface area contributed by atoms with Crippen LogP contribution < -0.4 is 15.5 Å². The number of hydrogen-bond acceptors (Lipinski definition) is 4. The predicted octanol–water partition coefficient (Wildman–Crippen LogP) is -0.921. The van der Waals surface area contributed by atoms with Gasteiger partial charge in [-0.25, -0.2) is 0 Å². The molecule has 70 valence electrons. The largest absolute Gasteiger partial charge is 1.00 e. The van der Waals surface area contributed by atoms with Crippen molar-refractivity contribution < 1.29 is 18.5 Å². The molecule has 0 aromatic rings. The number of rotatable bonds is 0. The van der Waals surface area contributed by atoms with Crippen LogP contribution in [0, 0.1) is 0 Å². The van der Waals surface area contributed by atoms with Gasteiger partial charge in [0.25, 0.3) is 0 Å². The molecule has 4 N–H and O–H groups in total. The summed E-state index contributed by atoms with van der Waals surface area (Å²) in [6.45, 7) is 4.68. The van der Waals surface area contributed by atoms with E-state index < -0.39 is 17.1 Å². The molecule has 0 atom stereocenters. The summed E-state index contributed by atoms with van der Waals surface area (Å²) < 4.78 is 14.3. The van der Waals surface area contributed by atoms with E-state index in [1.165, 1.54) is 39.0 Å². The van der Waals surface area contributed by atoms with Gasteiger partial charge in [0.15, 0.2) is 0 Å². The molecule has 0 saturated carbocycles. The molecule has 2 fully saturated rings. The molecule has 11 heavy (non-hydrogen) atoms. The fourth-order valence-corrected chi connectivity index (χ4v) is 7.83. The Bertz CT molecular complexity index is 114. The van der Waals surface area contributed by atoms with E-state index in [1.54, 1.807) is 0 Å². The van der Waals surface area contributed by atoms with Crippen LogP contribution in [0.4, 0.5) is 0 Å². The predicted molar refractivity (Wildman–Crippen MR) is 42.4 cm³/mol. The van der Waals surface area contributed by atoms with Crippen molar-refractivity contribution in [1.82, 2.24) is 15.5 Å². The van der Waals surface area contributed by atoms with Gasteiger partial charge >= 0.3 is 73.0 Å². The first-order chi connectivity index (χ1) is 5.41. The van der Waals surface area contributed by atoms with Crippen molar-refractivity contribution in [2.45, 2.75) is 12.8 Å². The molecule has 0 aromatic heterocycles. The first kappa shape index (κ1) is 8.14. The Hall–Kier alpha value is 0.528. The molecule has 5 heteroatoms. The van der Waals surface area contributed by atoms with Crippen LogP contribution in [0.1, 0.15) is 14.3 Å². The Labute approximate surface area is 73.4 Å². The Balaban J connectivity index is 0.000000720. The summed E-state index contributed by atoms with van der Waals surface area (Å²) in [4.78, 5) is 0. The monoisotopic (exact) mass is 340 g/mol. The van der Waals surface area contributed by atoms with Gasteiger partial charge in [-0.15, -0.1) is 0 Å². The van der Waals surface area contributed by atoms with Crippen LogP contribution in [-0.4, -0.2) is 26.2 Å². The first-order valence-electron chi connectivity index (χ1n) is 4.05. The summed E-state index contributed by atoms with van der Waals surface area (Å²) in [5.41, 5.74) is 0. The molecule has 0 bridgehead atoms. The zero-order valence-electron chi connectivity index (χ0n) is 7.56. The summed E-state index contributed by atoms with van der Waals surface area (Å²) >= 11 is -2.00. The minimum absolute atomic E-state index is 0. The van der Waals surface area contributed by atoms with E-state index in [4.69, 9.17) is 0 Å². The van der Waals surface area contributed by atoms with Gasteiger partial charge in [-0.3, -0.25) is 0 Å². The molecular weight excluding hydrogens is 323 g/mol. The quantitative estimate of drug-likeness (QED) is 0.461. The minimum atomic E-state index is -2.00. The summed E-state index contributed by atoms with van der Waals surface area (Å²) in [5, 5.41) is 0. The van der Waals surface area contributed by atoms with E-state index in [1.807, 2.05) is 0 Å². The molecule has 0 unspecified atom stereocenters. The average Bonchev–Trinajstić information content (AvgIpc) is 2.07. The summed E-state index contributed by atoms with van der Waals surface area (Å²) in [6.07, 6.45) is 2.52.